The van der Waals surface area contributed by atoms with Gasteiger partial charge in [0.1, 0.15) is 0 Å². The fourth-order valence-electron chi connectivity index (χ4n) is 0.831. The van der Waals surface area contributed by atoms with Gasteiger partial charge in [-0.1, -0.05) is 0 Å². The third-order valence-electron chi connectivity index (χ3n) is 1.30. The van der Waals surface area contributed by atoms with Crippen molar-refractivity contribution in [2.45, 2.75) is 32.7 Å². The normalized spacial score (nSPS) is 10.9. The molecule has 5 heteroatoms. The first-order valence-electron chi connectivity index (χ1n) is 4.54. The van der Waals surface area contributed by atoms with Crippen LogP contribution in [0, 0.1) is 0 Å². The Morgan fingerprint density at radius 2 is 1.79 bits per heavy atom. The molecule has 0 aliphatic heterocycles. The van der Waals surface area contributed by atoms with E-state index in [4.69, 9.17) is 0 Å². The fourth-order valence-corrected chi connectivity index (χ4v) is 1.03. The first-order valence-corrected chi connectivity index (χ1v) is 5.17. The smallest absolute Gasteiger partial charge is 0.239 e. The van der Waals surface area contributed by atoms with Crippen molar-refractivity contribution in [1.82, 2.24) is 10.6 Å². The Kier molecular flexibility index (Phi) is 5.60. The lowest BCUT2D eigenvalue weighted by Gasteiger charge is -2.20. The molecule has 2 amide bonds. The van der Waals surface area contributed by atoms with E-state index in [1.807, 2.05) is 20.8 Å². The Balaban J connectivity index is 3.70. The van der Waals surface area contributed by atoms with Gasteiger partial charge < -0.3 is 10.6 Å². The number of amides is 2. The van der Waals surface area contributed by atoms with Crippen molar-refractivity contribution < 1.29 is 9.59 Å². The Labute approximate surface area is 90.2 Å². The summed E-state index contributed by atoms with van der Waals surface area (Å²) >= 11 is 3.91. The third kappa shape index (κ3) is 7.91. The summed E-state index contributed by atoms with van der Waals surface area (Å²) in [5, 5.41) is 5.25. The van der Waals surface area contributed by atoms with E-state index >= 15 is 0 Å². The van der Waals surface area contributed by atoms with E-state index in [9.17, 15) is 9.59 Å². The minimum Gasteiger partial charge on any atom is -0.350 e. The van der Waals surface area contributed by atoms with Crippen LogP contribution in [-0.2, 0) is 9.59 Å². The van der Waals surface area contributed by atoms with E-state index < -0.39 is 0 Å². The molecule has 0 rings (SSSR count). The van der Waals surface area contributed by atoms with Crippen molar-refractivity contribution in [3.8, 4) is 0 Å². The number of nitrogens with one attached hydrogen (secondary N) is 2. The summed E-state index contributed by atoms with van der Waals surface area (Å²) in [6, 6.07) is 0. The molecule has 0 aromatic heterocycles. The predicted octanol–water partition coefficient (Wildman–Crippen LogP) is 0.337. The first kappa shape index (κ1) is 13.3. The van der Waals surface area contributed by atoms with Gasteiger partial charge in [0.05, 0.1) is 6.54 Å². The number of carbonyl (C=O) groups excluding carboxylic acids is 2. The average Bonchev–Trinajstić information content (AvgIpc) is 1.98. The summed E-state index contributed by atoms with van der Waals surface area (Å²) in [7, 11) is 0. The third-order valence-corrected chi connectivity index (χ3v) is 1.52. The first-order chi connectivity index (χ1) is 6.35. The molecule has 0 saturated heterocycles. The Morgan fingerprint density at radius 3 is 2.21 bits per heavy atom. The Hall–Kier alpha value is -0.710. The molecule has 0 aliphatic carbocycles. The monoisotopic (exact) mass is 218 g/mol. The molecule has 0 fully saturated rings. The van der Waals surface area contributed by atoms with E-state index in [0.29, 0.717) is 12.2 Å². The number of carbonyl (C=O) groups is 2. The molecule has 0 saturated carbocycles. The summed E-state index contributed by atoms with van der Waals surface area (Å²) in [6.07, 6.45) is 0.339. The predicted molar refractivity (Wildman–Crippen MR) is 59.4 cm³/mol. The molecule has 14 heavy (non-hydrogen) atoms. The number of hydrogen-bond donors (Lipinski definition) is 3. The van der Waals surface area contributed by atoms with Crippen LogP contribution in [0.2, 0.25) is 0 Å². The summed E-state index contributed by atoms with van der Waals surface area (Å²) in [6.45, 7) is 5.70. The second-order valence-electron chi connectivity index (χ2n) is 4.05. The molecule has 0 bridgehead atoms. The van der Waals surface area contributed by atoms with Crippen LogP contribution in [0.1, 0.15) is 27.2 Å². The number of hydrogen-bond acceptors (Lipinski definition) is 3. The summed E-state index contributed by atoms with van der Waals surface area (Å²) in [5.41, 5.74) is -0.259. The highest BCUT2D eigenvalue weighted by Crippen LogP contribution is 1.97. The van der Waals surface area contributed by atoms with Gasteiger partial charge in [-0.2, -0.15) is 12.6 Å². The maximum Gasteiger partial charge on any atom is 0.239 e. The highest BCUT2D eigenvalue weighted by atomic mass is 32.1. The van der Waals surface area contributed by atoms with E-state index in [0.717, 1.165) is 0 Å². The average molecular weight is 218 g/mol. The molecular weight excluding hydrogens is 200 g/mol. The fraction of sp³-hybridized carbons (Fsp3) is 0.778. The van der Waals surface area contributed by atoms with E-state index in [2.05, 4.69) is 23.3 Å². The zero-order valence-electron chi connectivity index (χ0n) is 8.89. The van der Waals surface area contributed by atoms with Crippen LogP contribution in [0.5, 0.6) is 0 Å². The lowest BCUT2D eigenvalue weighted by molar-refractivity contribution is -0.126. The Morgan fingerprint density at radius 1 is 1.21 bits per heavy atom. The van der Waals surface area contributed by atoms with Crippen molar-refractivity contribution in [2.75, 3.05) is 12.3 Å². The van der Waals surface area contributed by atoms with Crippen LogP contribution >= 0.6 is 12.6 Å². The van der Waals surface area contributed by atoms with Crippen LogP contribution in [0.3, 0.4) is 0 Å². The molecule has 0 aromatic rings. The zero-order valence-corrected chi connectivity index (χ0v) is 9.78. The molecular formula is C9H18N2O2S. The van der Waals surface area contributed by atoms with Crippen molar-refractivity contribution >= 4 is 24.4 Å². The van der Waals surface area contributed by atoms with Crippen LogP contribution in [0.15, 0.2) is 0 Å². The van der Waals surface area contributed by atoms with Gasteiger partial charge in [-0.15, -0.1) is 0 Å². The van der Waals surface area contributed by atoms with E-state index in [1.54, 1.807) is 0 Å². The van der Waals surface area contributed by atoms with Crippen LogP contribution in [0.25, 0.3) is 0 Å². The second-order valence-corrected chi connectivity index (χ2v) is 4.50. The van der Waals surface area contributed by atoms with E-state index in [-0.39, 0.29) is 23.9 Å². The van der Waals surface area contributed by atoms with Crippen LogP contribution in [0.4, 0.5) is 0 Å². The molecule has 0 radical (unpaired) electrons. The molecule has 0 unspecified atom stereocenters. The van der Waals surface area contributed by atoms with Crippen molar-refractivity contribution in [3.05, 3.63) is 0 Å². The van der Waals surface area contributed by atoms with Gasteiger partial charge in [0.15, 0.2) is 0 Å². The molecule has 2 N–H and O–H groups in total. The van der Waals surface area contributed by atoms with Gasteiger partial charge >= 0.3 is 0 Å². The molecule has 0 heterocycles. The zero-order chi connectivity index (χ0) is 11.2. The molecule has 82 valence electrons. The van der Waals surface area contributed by atoms with Crippen molar-refractivity contribution in [2.24, 2.45) is 0 Å². The number of rotatable bonds is 4. The second kappa shape index (κ2) is 5.90. The summed E-state index contributed by atoms with van der Waals surface area (Å²) in [5.74, 6) is 0.168. The molecule has 0 aliphatic rings. The highest BCUT2D eigenvalue weighted by Gasteiger charge is 2.13. The minimum absolute atomic E-state index is 0.0316. The Bertz CT molecular complexity index is 211. The van der Waals surface area contributed by atoms with Crippen LogP contribution < -0.4 is 10.6 Å². The lowest BCUT2D eigenvalue weighted by atomic mass is 10.1. The largest absolute Gasteiger partial charge is 0.350 e. The quantitative estimate of drug-likeness (QED) is 0.596. The van der Waals surface area contributed by atoms with Gasteiger partial charge in [0.25, 0.3) is 0 Å². The number of thiol groups is 1. The molecule has 0 aromatic carbocycles. The summed E-state index contributed by atoms with van der Waals surface area (Å²) in [4.78, 5) is 22.2. The summed E-state index contributed by atoms with van der Waals surface area (Å²) < 4.78 is 0. The molecule has 0 atom stereocenters. The molecule has 4 nitrogen and oxygen atoms in total. The van der Waals surface area contributed by atoms with E-state index in [1.165, 1.54) is 0 Å². The van der Waals surface area contributed by atoms with Gasteiger partial charge in [-0.25, -0.2) is 0 Å². The maximum atomic E-state index is 11.2. The SMILES string of the molecule is CC(C)(C)NC(=O)CNC(=O)CCS. The van der Waals surface area contributed by atoms with Gasteiger partial charge in [0, 0.05) is 12.0 Å². The maximum absolute atomic E-state index is 11.2. The molecule has 0 spiro atoms. The lowest BCUT2D eigenvalue weighted by Crippen LogP contribution is -2.45. The van der Waals surface area contributed by atoms with Crippen molar-refractivity contribution in [1.29, 1.82) is 0 Å². The van der Waals surface area contributed by atoms with Gasteiger partial charge in [-0.3, -0.25) is 9.59 Å². The standard InChI is InChI=1S/C9H18N2O2S/c1-9(2,3)11-8(13)6-10-7(12)4-5-14/h14H,4-6H2,1-3H3,(H,10,12)(H,11,13). The minimum atomic E-state index is -0.259. The van der Waals surface area contributed by atoms with Gasteiger partial charge in [-0.05, 0) is 26.5 Å². The van der Waals surface area contributed by atoms with Crippen LogP contribution in [-0.4, -0.2) is 29.7 Å². The van der Waals surface area contributed by atoms with Gasteiger partial charge in [0.2, 0.25) is 11.8 Å². The topological polar surface area (TPSA) is 58.2 Å². The highest BCUT2D eigenvalue weighted by molar-refractivity contribution is 7.80. The van der Waals surface area contributed by atoms with Crippen molar-refractivity contribution in [3.63, 3.8) is 0 Å².